The molecule has 0 aliphatic carbocycles. The van der Waals surface area contributed by atoms with E-state index in [1.807, 2.05) is 30.3 Å². The Bertz CT molecular complexity index is 644. The van der Waals surface area contributed by atoms with Crippen LogP contribution in [0.1, 0.15) is 5.69 Å². The molecule has 0 bridgehead atoms. The van der Waals surface area contributed by atoms with Crippen LogP contribution in [-0.2, 0) is 6.54 Å². The predicted molar refractivity (Wildman–Crippen MR) is 64.1 cm³/mol. The molecule has 0 atom stereocenters. The summed E-state index contributed by atoms with van der Waals surface area (Å²) in [6.45, 7) is 0.438. The van der Waals surface area contributed by atoms with E-state index in [0.717, 1.165) is 16.9 Å². The molecule has 5 heteroatoms. The molecule has 0 radical (unpaired) electrons. The summed E-state index contributed by atoms with van der Waals surface area (Å²) in [5.74, 6) is 0.666. The molecule has 0 fully saturated rings. The average molecular weight is 225 g/mol. The van der Waals surface area contributed by atoms with Crippen LogP contribution in [-0.4, -0.2) is 19.6 Å². The summed E-state index contributed by atoms with van der Waals surface area (Å²) in [6, 6.07) is 9.58. The molecule has 0 aliphatic rings. The largest absolute Gasteiger partial charge is 0.325 e. The van der Waals surface area contributed by atoms with Crippen molar-refractivity contribution in [1.82, 2.24) is 19.6 Å². The molecule has 0 unspecified atom stereocenters. The third-order valence-electron chi connectivity index (χ3n) is 2.57. The predicted octanol–water partition coefficient (Wildman–Crippen LogP) is 1.25. The van der Waals surface area contributed by atoms with Crippen LogP contribution in [0.5, 0.6) is 0 Å². The Hall–Kier alpha value is -2.27. The minimum atomic E-state index is 0.438. The van der Waals surface area contributed by atoms with E-state index in [1.165, 1.54) is 0 Å². The van der Waals surface area contributed by atoms with Crippen LogP contribution in [0.4, 0.5) is 0 Å². The monoisotopic (exact) mass is 225 g/mol. The average Bonchev–Trinajstić information content (AvgIpc) is 2.83. The lowest BCUT2D eigenvalue weighted by atomic mass is 10.3. The van der Waals surface area contributed by atoms with Gasteiger partial charge in [-0.15, -0.1) is 5.10 Å². The molecule has 0 spiro atoms. The van der Waals surface area contributed by atoms with Crippen LogP contribution < -0.4 is 5.73 Å². The zero-order valence-corrected chi connectivity index (χ0v) is 9.11. The second-order valence-electron chi connectivity index (χ2n) is 3.67. The Kier molecular flexibility index (Phi) is 2.31. The summed E-state index contributed by atoms with van der Waals surface area (Å²) in [5, 5.41) is 4.44. The Morgan fingerprint density at radius 1 is 1.18 bits per heavy atom. The quantitative estimate of drug-likeness (QED) is 0.712. The standard InChI is InChI=1S/C12H11N5/c13-7-10-4-1-5-11-15-12(16-17(10)11)9-3-2-6-14-8-9/h1-6,8H,7,13H2. The number of rotatable bonds is 2. The third kappa shape index (κ3) is 1.66. The first-order valence-electron chi connectivity index (χ1n) is 5.33. The van der Waals surface area contributed by atoms with Crippen molar-refractivity contribution in [2.75, 3.05) is 0 Å². The Labute approximate surface area is 97.9 Å². The highest BCUT2D eigenvalue weighted by atomic mass is 15.3. The molecule has 84 valence electrons. The molecule has 0 aromatic carbocycles. The van der Waals surface area contributed by atoms with Gasteiger partial charge < -0.3 is 5.73 Å². The Morgan fingerprint density at radius 3 is 2.88 bits per heavy atom. The van der Waals surface area contributed by atoms with E-state index in [1.54, 1.807) is 16.9 Å². The lowest BCUT2D eigenvalue weighted by Gasteiger charge is -1.98. The molecule has 3 aromatic heterocycles. The number of nitrogens with two attached hydrogens (primary N) is 1. The maximum absolute atomic E-state index is 5.66. The van der Waals surface area contributed by atoms with Crippen LogP contribution in [0.15, 0.2) is 42.7 Å². The summed E-state index contributed by atoms with van der Waals surface area (Å²) in [4.78, 5) is 8.51. The van der Waals surface area contributed by atoms with Crippen molar-refractivity contribution in [3.05, 3.63) is 48.4 Å². The lowest BCUT2D eigenvalue weighted by molar-refractivity contribution is 0.852. The van der Waals surface area contributed by atoms with Crippen LogP contribution in [0, 0.1) is 0 Å². The zero-order chi connectivity index (χ0) is 11.7. The van der Waals surface area contributed by atoms with Gasteiger partial charge in [0.15, 0.2) is 11.5 Å². The normalized spacial score (nSPS) is 10.9. The summed E-state index contributed by atoms with van der Waals surface area (Å²) in [5.41, 5.74) is 8.30. The van der Waals surface area contributed by atoms with Crippen molar-refractivity contribution < 1.29 is 0 Å². The van der Waals surface area contributed by atoms with Gasteiger partial charge in [-0.05, 0) is 24.3 Å². The van der Waals surface area contributed by atoms with Crippen molar-refractivity contribution >= 4 is 5.65 Å². The van der Waals surface area contributed by atoms with Gasteiger partial charge in [-0.1, -0.05) is 6.07 Å². The van der Waals surface area contributed by atoms with Gasteiger partial charge in [0, 0.05) is 24.5 Å². The topological polar surface area (TPSA) is 69.1 Å². The van der Waals surface area contributed by atoms with Crippen molar-refractivity contribution in [3.8, 4) is 11.4 Å². The summed E-state index contributed by atoms with van der Waals surface area (Å²) < 4.78 is 1.77. The van der Waals surface area contributed by atoms with Gasteiger partial charge >= 0.3 is 0 Å². The van der Waals surface area contributed by atoms with Gasteiger partial charge in [0.05, 0.1) is 5.69 Å². The molecule has 5 nitrogen and oxygen atoms in total. The van der Waals surface area contributed by atoms with Gasteiger partial charge in [0.1, 0.15) is 0 Å². The number of hydrogen-bond donors (Lipinski definition) is 1. The van der Waals surface area contributed by atoms with Crippen molar-refractivity contribution in [1.29, 1.82) is 0 Å². The second kappa shape index (κ2) is 3.95. The summed E-state index contributed by atoms with van der Waals surface area (Å²) >= 11 is 0. The molecule has 0 saturated carbocycles. The second-order valence-corrected chi connectivity index (χ2v) is 3.67. The first-order valence-corrected chi connectivity index (χ1v) is 5.33. The Balaban J connectivity index is 2.20. The van der Waals surface area contributed by atoms with Crippen molar-refractivity contribution in [2.45, 2.75) is 6.54 Å². The number of nitrogens with zero attached hydrogens (tertiary/aromatic N) is 4. The summed E-state index contributed by atoms with van der Waals surface area (Å²) in [6.07, 6.45) is 3.47. The lowest BCUT2D eigenvalue weighted by Crippen LogP contribution is -2.04. The van der Waals surface area contributed by atoms with Gasteiger partial charge in [-0.2, -0.15) is 0 Å². The van der Waals surface area contributed by atoms with Crippen molar-refractivity contribution in [2.24, 2.45) is 5.73 Å². The highest BCUT2D eigenvalue weighted by molar-refractivity contribution is 5.56. The third-order valence-corrected chi connectivity index (χ3v) is 2.57. The Morgan fingerprint density at radius 2 is 2.12 bits per heavy atom. The number of pyridine rings is 2. The van der Waals surface area contributed by atoms with Gasteiger partial charge in [-0.25, -0.2) is 9.50 Å². The molecular weight excluding hydrogens is 214 g/mol. The summed E-state index contributed by atoms with van der Waals surface area (Å²) in [7, 11) is 0. The van der Waals surface area contributed by atoms with Gasteiger partial charge in [0.25, 0.3) is 0 Å². The fourth-order valence-corrected chi connectivity index (χ4v) is 1.73. The smallest absolute Gasteiger partial charge is 0.183 e. The molecular formula is C12H11N5. The fourth-order valence-electron chi connectivity index (χ4n) is 1.73. The molecule has 3 rings (SSSR count). The highest BCUT2D eigenvalue weighted by Crippen LogP contribution is 2.15. The number of aromatic nitrogens is 4. The van der Waals surface area contributed by atoms with E-state index in [9.17, 15) is 0 Å². The molecule has 3 aromatic rings. The first kappa shape index (κ1) is 9.92. The van der Waals surface area contributed by atoms with Crippen molar-refractivity contribution in [3.63, 3.8) is 0 Å². The minimum Gasteiger partial charge on any atom is -0.325 e. The highest BCUT2D eigenvalue weighted by Gasteiger charge is 2.07. The number of hydrogen-bond acceptors (Lipinski definition) is 4. The maximum atomic E-state index is 5.66. The van der Waals surface area contributed by atoms with E-state index >= 15 is 0 Å². The SMILES string of the molecule is NCc1cccc2nc(-c3cccnc3)nn12. The molecule has 3 heterocycles. The van der Waals surface area contributed by atoms with E-state index < -0.39 is 0 Å². The van der Waals surface area contributed by atoms with E-state index in [0.29, 0.717) is 12.4 Å². The minimum absolute atomic E-state index is 0.438. The molecule has 2 N–H and O–H groups in total. The molecule has 0 saturated heterocycles. The van der Waals surface area contributed by atoms with Gasteiger partial charge in [0.2, 0.25) is 0 Å². The van der Waals surface area contributed by atoms with Crippen LogP contribution >= 0.6 is 0 Å². The molecule has 17 heavy (non-hydrogen) atoms. The van der Waals surface area contributed by atoms with Crippen LogP contribution in [0.2, 0.25) is 0 Å². The van der Waals surface area contributed by atoms with Crippen LogP contribution in [0.3, 0.4) is 0 Å². The van der Waals surface area contributed by atoms with E-state index in [2.05, 4.69) is 15.1 Å². The maximum Gasteiger partial charge on any atom is 0.183 e. The van der Waals surface area contributed by atoms with Gasteiger partial charge in [-0.3, -0.25) is 4.98 Å². The zero-order valence-electron chi connectivity index (χ0n) is 9.11. The fraction of sp³-hybridized carbons (Fsp3) is 0.0833. The van der Waals surface area contributed by atoms with E-state index in [-0.39, 0.29) is 0 Å². The van der Waals surface area contributed by atoms with E-state index in [4.69, 9.17) is 5.73 Å². The molecule has 0 aliphatic heterocycles. The van der Waals surface area contributed by atoms with Crippen LogP contribution in [0.25, 0.3) is 17.0 Å². The number of fused-ring (bicyclic) bond motifs is 1. The first-order chi connectivity index (χ1) is 8.38. The molecule has 0 amide bonds.